The number of aromatic nitrogens is 1. The maximum Gasteiger partial charge on any atom is 0.298 e. The molecule has 3 aliphatic carbocycles. The lowest BCUT2D eigenvalue weighted by atomic mass is 9.35. The maximum atomic E-state index is 11.4. The van der Waals surface area contributed by atoms with Crippen molar-refractivity contribution in [2.75, 3.05) is 9.80 Å². The topological polar surface area (TPSA) is 24.6 Å². The van der Waals surface area contributed by atoms with Crippen LogP contribution in [0, 0.1) is 0 Å². The van der Waals surface area contributed by atoms with Gasteiger partial charge < -0.3 is 18.8 Å². The van der Waals surface area contributed by atoms with E-state index in [2.05, 4.69) is 6.92 Å². The minimum Gasteiger partial charge on any atom is -0.468 e. The zero-order valence-corrected chi connectivity index (χ0v) is 45.1. The van der Waals surface area contributed by atoms with Gasteiger partial charge in [0.25, 0.3) is 6.71 Å². The molecule has 7 heteroatoms. The molecule has 16 rings (SSSR count). The number of nitrogens with zero attached hydrogens (tertiary/aromatic N) is 3. The third-order valence-corrected chi connectivity index (χ3v) is 18.5. The molecule has 2 aliphatic heterocycles. The molecule has 0 spiro atoms. The highest BCUT2D eigenvalue weighted by atomic mass is 32.1. The van der Waals surface area contributed by atoms with Crippen molar-refractivity contribution in [2.24, 2.45) is 0 Å². The third kappa shape index (κ3) is 6.41. The van der Waals surface area contributed by atoms with Gasteiger partial charge in [-0.05, 0) is 163 Å². The number of fused-ring (bicyclic) bond motifs is 15. The Hall–Kier alpha value is -6.54. The zero-order valence-electron chi connectivity index (χ0n) is 66.5. The van der Waals surface area contributed by atoms with Gasteiger partial charge in [-0.1, -0.05) is 149 Å². The van der Waals surface area contributed by atoms with E-state index in [4.69, 9.17) is 8.53 Å². The largest absolute Gasteiger partial charge is 0.468 e. The fraction of sp³-hybridized carbons (Fsp3) is 0.294. The highest BCUT2D eigenvalue weighted by Gasteiger charge is 2.51. The summed E-state index contributed by atoms with van der Waals surface area (Å²) in [6.45, 7) is 18.2. The summed E-state index contributed by atoms with van der Waals surface area (Å²) in [6.07, 6.45) is 2.61. The van der Waals surface area contributed by atoms with Gasteiger partial charge in [-0.15, -0.1) is 22.7 Å². The normalized spacial score (nSPS) is 23.5. The second-order valence-corrected chi connectivity index (χ2v) is 26.5. The zero-order chi connectivity index (χ0) is 71.5. The number of para-hydroxylation sites is 1. The highest BCUT2D eigenvalue weighted by Crippen LogP contribution is 2.59. The molecule has 1 fully saturated rings. The van der Waals surface area contributed by atoms with Crippen LogP contribution in [0.25, 0.3) is 57.9 Å². The van der Waals surface area contributed by atoms with Crippen LogP contribution >= 0.6 is 22.7 Å². The molecule has 0 radical (unpaired) electrons. The van der Waals surface area contributed by atoms with Gasteiger partial charge in [0.2, 0.25) is 0 Å². The first kappa shape index (κ1) is 28.0. The van der Waals surface area contributed by atoms with Crippen LogP contribution in [0.3, 0.4) is 0 Å². The lowest BCUT2D eigenvalue weighted by molar-refractivity contribution is 0.188. The Bertz CT molecular complexity index is 5570. The third-order valence-electron chi connectivity index (χ3n) is 16.3. The van der Waals surface area contributed by atoms with Crippen LogP contribution < -0.4 is 26.4 Å². The lowest BCUT2D eigenvalue weighted by Gasteiger charge is -2.52. The molecule has 5 aliphatic rings. The summed E-state index contributed by atoms with van der Waals surface area (Å²) in [4.78, 5) is 2.53. The van der Waals surface area contributed by atoms with Gasteiger partial charge in [-0.3, -0.25) is 0 Å². The summed E-state index contributed by atoms with van der Waals surface area (Å²) in [5, 5.41) is -0.525. The van der Waals surface area contributed by atoms with E-state index in [1.165, 1.54) is 9.80 Å². The summed E-state index contributed by atoms with van der Waals surface area (Å²) in [6, 6.07) is -12.5. The molecule has 11 aromatic rings. The molecule has 6 heterocycles. The van der Waals surface area contributed by atoms with Crippen LogP contribution in [0.4, 0.5) is 33.4 Å². The number of thiophene rings is 2. The number of rotatable bonds is 3. The molecular weight excluding hydrogens is 950 g/mol. The van der Waals surface area contributed by atoms with E-state index in [1.807, 2.05) is 6.92 Å². The average Bonchev–Trinajstić information content (AvgIpc) is 1.33. The Morgan fingerprint density at radius 3 is 1.72 bits per heavy atom. The standard InChI is InChI=1S/C68H64BN3OS2/c1-64(2,3)39-20-25-42(26-21-39)70-52-35-44(71-51-18-14-12-16-45(51)61-59(71)47-17-13-15-19-55(47)74-61)36-53-58(52)69(62-60(70)48-37-49-50(38-54(48)73-62)68(11)32-30-67(49,10)31-33-68)57-46-29-24-41(66(7,8)9)34-56(46)75-63(57)72(53)43-27-22-40(23-28-43)65(4,5)6/h12-29,34-38H,30-33H2,1-11H3/i12D,13D,14D,15D,16D,17D,18D,19D,20D,21D,22D,23D,24D,25D,26D,27D,28D,29D,34D,35D,36D,37D,38D. The number of hydrogen-bond donors (Lipinski definition) is 0. The second kappa shape index (κ2) is 15.1. The van der Waals surface area contributed by atoms with E-state index in [0.717, 1.165) is 27.2 Å². The fourth-order valence-electron chi connectivity index (χ4n) is 12.0. The van der Waals surface area contributed by atoms with Crippen molar-refractivity contribution in [3.63, 3.8) is 0 Å². The highest BCUT2D eigenvalue weighted by molar-refractivity contribution is 7.27. The first-order valence-electron chi connectivity index (χ1n) is 37.0. The van der Waals surface area contributed by atoms with Crippen LogP contribution in [0.15, 0.2) is 143 Å². The molecule has 0 amide bonds. The molecule has 2 bridgehead atoms. The van der Waals surface area contributed by atoms with Crippen molar-refractivity contribution in [2.45, 2.75) is 129 Å². The van der Waals surface area contributed by atoms with Crippen molar-refractivity contribution in [3.8, 4) is 5.69 Å². The molecule has 0 N–H and O–H groups in total. The smallest absolute Gasteiger partial charge is 0.298 e. The first-order chi connectivity index (χ1) is 45.4. The Morgan fingerprint density at radius 1 is 0.520 bits per heavy atom. The van der Waals surface area contributed by atoms with Crippen molar-refractivity contribution in [3.05, 3.63) is 167 Å². The van der Waals surface area contributed by atoms with Gasteiger partial charge in [-0.25, -0.2) is 0 Å². The van der Waals surface area contributed by atoms with Gasteiger partial charge in [-0.2, -0.15) is 0 Å². The van der Waals surface area contributed by atoms with Crippen LogP contribution in [-0.4, -0.2) is 11.3 Å². The SMILES string of the molecule is [2H]c1c([2H])c(C(C)(C)C)c([2H])c([2H])c1N1c2sc3c([2H])c(C(C)(C)C)c([2H])c([2H])c3c2B2c3oc4c([2H])c5c(c([2H])c4c3N(c3c([2H])c([2H])c(C(C)(C)C)c([2H])c3[2H])c3c([2H])c(-n4c6c([2H])c([2H])c([2H])c([2H])c6c6sc7c([2H])c([2H])c([2H])c([2H])c7c64)c([2H])c1c32)C1(C)CCC5(C)CC1. The number of benzene rings is 7. The molecule has 0 atom stereocenters. The average molecular weight is 1040 g/mol. The van der Waals surface area contributed by atoms with Gasteiger partial charge in [0, 0.05) is 48.3 Å². The van der Waals surface area contributed by atoms with Crippen LogP contribution in [0.1, 0.15) is 161 Å². The fourth-order valence-corrected chi connectivity index (χ4v) is 14.3. The summed E-state index contributed by atoms with van der Waals surface area (Å²) in [5.74, 6) is 0. The van der Waals surface area contributed by atoms with E-state index in [-0.39, 0.29) is 126 Å². The van der Waals surface area contributed by atoms with E-state index in [1.54, 1.807) is 62.3 Å². The summed E-state index contributed by atoms with van der Waals surface area (Å²) < 4.78 is 238. The minimum absolute atomic E-state index is 0.00135. The number of hydrogen-bond acceptors (Lipinski definition) is 5. The monoisotopic (exact) mass is 1040 g/mol. The Kier molecular flexibility index (Phi) is 5.64. The molecule has 75 heavy (non-hydrogen) atoms. The van der Waals surface area contributed by atoms with Gasteiger partial charge >= 0.3 is 0 Å². The Balaban J connectivity index is 1.28. The van der Waals surface area contributed by atoms with Gasteiger partial charge in [0.05, 0.1) is 69.3 Å². The van der Waals surface area contributed by atoms with Crippen molar-refractivity contribution >= 4 is 132 Å². The van der Waals surface area contributed by atoms with Gasteiger partial charge in [0.15, 0.2) is 0 Å². The molecule has 0 saturated heterocycles. The Labute approximate surface area is 482 Å². The van der Waals surface area contributed by atoms with Crippen molar-refractivity contribution < 1.29 is 35.9 Å². The molecule has 372 valence electrons. The second-order valence-electron chi connectivity index (χ2n) is 24.5. The van der Waals surface area contributed by atoms with E-state index in [0.29, 0.717) is 36.8 Å². The quantitative estimate of drug-likeness (QED) is 0.165. The van der Waals surface area contributed by atoms with E-state index < -0.39 is 171 Å². The maximum absolute atomic E-state index is 11.4. The lowest BCUT2D eigenvalue weighted by Crippen LogP contribution is -2.60. The number of furan rings is 1. The molecule has 4 aromatic heterocycles. The molecular formula is C68H64BN3OS2. The molecule has 0 unspecified atom stereocenters. The number of anilines is 6. The summed E-state index contributed by atoms with van der Waals surface area (Å²) in [7, 11) is 0. The van der Waals surface area contributed by atoms with Crippen LogP contribution in [0.5, 0.6) is 0 Å². The first-order valence-corrected chi connectivity index (χ1v) is 27.2. The molecule has 1 saturated carbocycles. The minimum atomic E-state index is -1.61. The van der Waals surface area contributed by atoms with E-state index in [9.17, 15) is 27.4 Å². The summed E-state index contributed by atoms with van der Waals surface area (Å²) >= 11 is 1.68. The van der Waals surface area contributed by atoms with Crippen LogP contribution in [-0.2, 0) is 27.1 Å². The predicted octanol–water partition coefficient (Wildman–Crippen LogP) is 18.0. The van der Waals surface area contributed by atoms with Crippen LogP contribution in [0.2, 0.25) is 0 Å². The Morgan fingerprint density at radius 2 is 1.08 bits per heavy atom. The summed E-state index contributed by atoms with van der Waals surface area (Å²) in [5.41, 5.74) is -6.62. The predicted molar refractivity (Wildman–Crippen MR) is 325 cm³/mol. The molecule has 7 aromatic carbocycles. The molecule has 4 nitrogen and oxygen atoms in total. The van der Waals surface area contributed by atoms with Crippen molar-refractivity contribution in [1.29, 1.82) is 0 Å². The van der Waals surface area contributed by atoms with Crippen molar-refractivity contribution in [1.82, 2.24) is 4.57 Å². The van der Waals surface area contributed by atoms with E-state index >= 15 is 0 Å². The van der Waals surface area contributed by atoms with Gasteiger partial charge in [0.1, 0.15) is 5.58 Å².